The van der Waals surface area contributed by atoms with Gasteiger partial charge in [-0.3, -0.25) is 9.78 Å². The molecule has 1 atom stereocenters. The maximum atomic E-state index is 13.7. The van der Waals surface area contributed by atoms with E-state index in [4.69, 9.17) is 4.74 Å². The fraction of sp³-hybridized carbons (Fsp3) is 0.350. The normalized spacial score (nSPS) is 12.0. The summed E-state index contributed by atoms with van der Waals surface area (Å²) >= 11 is 0. The number of aromatic nitrogens is 1. The number of benzene rings is 1. The molecule has 3 N–H and O–H groups in total. The average molecular weight is 388 g/mol. The van der Waals surface area contributed by atoms with Gasteiger partial charge in [-0.25, -0.2) is 9.18 Å². The van der Waals surface area contributed by atoms with Crippen molar-refractivity contribution in [2.45, 2.75) is 45.8 Å². The van der Waals surface area contributed by atoms with E-state index in [0.717, 1.165) is 0 Å². The van der Waals surface area contributed by atoms with Crippen molar-refractivity contribution in [3.05, 3.63) is 48.5 Å². The van der Waals surface area contributed by atoms with E-state index >= 15 is 0 Å². The molecule has 1 aromatic carbocycles. The van der Waals surface area contributed by atoms with Gasteiger partial charge in [-0.15, -0.1) is 0 Å². The number of carbonyl (C=O) groups excluding carboxylic acids is 2. The Morgan fingerprint density at radius 2 is 1.96 bits per heavy atom. The van der Waals surface area contributed by atoms with Gasteiger partial charge in [-0.1, -0.05) is 6.92 Å². The van der Waals surface area contributed by atoms with E-state index in [1.165, 1.54) is 18.2 Å². The third kappa shape index (κ3) is 6.53. The third-order valence-corrected chi connectivity index (χ3v) is 3.60. The zero-order valence-electron chi connectivity index (χ0n) is 16.4. The number of nitrogens with one attached hydrogen (secondary N) is 3. The lowest BCUT2D eigenvalue weighted by Gasteiger charge is -2.23. The molecule has 2 rings (SSSR count). The van der Waals surface area contributed by atoms with Crippen LogP contribution in [0.5, 0.6) is 0 Å². The first-order valence-electron chi connectivity index (χ1n) is 8.95. The van der Waals surface area contributed by atoms with Crippen LogP contribution in [0.4, 0.5) is 26.2 Å². The topological polar surface area (TPSA) is 92.3 Å². The highest BCUT2D eigenvalue weighted by Gasteiger charge is 2.23. The highest BCUT2D eigenvalue weighted by molar-refractivity contribution is 5.99. The van der Waals surface area contributed by atoms with Gasteiger partial charge < -0.3 is 20.7 Å². The Kier molecular flexibility index (Phi) is 6.92. The predicted molar refractivity (Wildman–Crippen MR) is 106 cm³/mol. The first-order valence-corrected chi connectivity index (χ1v) is 8.95. The van der Waals surface area contributed by atoms with E-state index in [-0.39, 0.29) is 0 Å². The van der Waals surface area contributed by atoms with Gasteiger partial charge in [0.15, 0.2) is 0 Å². The Bertz CT molecular complexity index is 822. The van der Waals surface area contributed by atoms with Crippen LogP contribution in [0, 0.1) is 5.82 Å². The number of rotatable bonds is 6. The summed E-state index contributed by atoms with van der Waals surface area (Å²) in [7, 11) is 0. The molecule has 1 heterocycles. The summed E-state index contributed by atoms with van der Waals surface area (Å²) in [5.74, 6) is -0.891. The monoisotopic (exact) mass is 388 g/mol. The lowest BCUT2D eigenvalue weighted by Crippen LogP contribution is -2.45. The number of ether oxygens (including phenoxy) is 1. The van der Waals surface area contributed by atoms with Crippen LogP contribution in [-0.4, -0.2) is 28.6 Å². The standard InChI is InChI=1S/C20H25FN4O3/c1-5-15(25-19(27)28-20(2,3)4)18(26)24-16-9-8-13(21)11-17(16)23-14-7-6-10-22-12-14/h6-12,15,23H,5H2,1-4H3,(H,24,26)(H,25,27)/t15-/m0/s1. The van der Waals surface area contributed by atoms with Crippen LogP contribution in [0.2, 0.25) is 0 Å². The summed E-state index contributed by atoms with van der Waals surface area (Å²) in [6.45, 7) is 6.98. The number of nitrogens with zero attached hydrogens (tertiary/aromatic N) is 1. The van der Waals surface area contributed by atoms with Crippen molar-refractivity contribution in [1.82, 2.24) is 10.3 Å². The Labute approximate surface area is 163 Å². The highest BCUT2D eigenvalue weighted by atomic mass is 19.1. The number of pyridine rings is 1. The molecule has 28 heavy (non-hydrogen) atoms. The molecule has 150 valence electrons. The van der Waals surface area contributed by atoms with Crippen molar-refractivity contribution >= 4 is 29.1 Å². The lowest BCUT2D eigenvalue weighted by molar-refractivity contribution is -0.118. The Morgan fingerprint density at radius 3 is 2.57 bits per heavy atom. The van der Waals surface area contributed by atoms with E-state index in [1.54, 1.807) is 52.2 Å². The van der Waals surface area contributed by atoms with Crippen LogP contribution >= 0.6 is 0 Å². The van der Waals surface area contributed by atoms with Crippen LogP contribution in [-0.2, 0) is 9.53 Å². The van der Waals surface area contributed by atoms with E-state index in [2.05, 4.69) is 20.9 Å². The minimum atomic E-state index is -0.800. The van der Waals surface area contributed by atoms with Crippen LogP contribution in [0.15, 0.2) is 42.7 Å². The van der Waals surface area contributed by atoms with Crippen molar-refractivity contribution in [3.8, 4) is 0 Å². The quantitative estimate of drug-likeness (QED) is 0.689. The molecular formula is C20H25FN4O3. The van der Waals surface area contributed by atoms with Crippen LogP contribution in [0.1, 0.15) is 34.1 Å². The molecule has 1 aromatic heterocycles. The van der Waals surface area contributed by atoms with Crippen LogP contribution < -0.4 is 16.0 Å². The molecule has 0 bridgehead atoms. The summed E-state index contributed by atoms with van der Waals surface area (Å²) in [5.41, 5.74) is 0.715. The van der Waals surface area contributed by atoms with Gasteiger partial charge in [-0.2, -0.15) is 0 Å². The third-order valence-electron chi connectivity index (χ3n) is 3.60. The van der Waals surface area contributed by atoms with Crippen molar-refractivity contribution < 1.29 is 18.7 Å². The van der Waals surface area contributed by atoms with Crippen molar-refractivity contribution in [2.75, 3.05) is 10.6 Å². The summed E-state index contributed by atoms with van der Waals surface area (Å²) in [6, 6.07) is 6.66. The SMILES string of the molecule is CC[C@H](NC(=O)OC(C)(C)C)C(=O)Nc1ccc(F)cc1Nc1cccnc1. The minimum Gasteiger partial charge on any atom is -0.444 e. The van der Waals surface area contributed by atoms with Gasteiger partial charge in [0.1, 0.15) is 17.5 Å². The zero-order valence-corrected chi connectivity index (χ0v) is 16.4. The molecule has 0 aliphatic heterocycles. The molecule has 2 amide bonds. The molecule has 8 heteroatoms. The molecule has 0 radical (unpaired) electrons. The second-order valence-corrected chi connectivity index (χ2v) is 7.15. The lowest BCUT2D eigenvalue weighted by atomic mass is 10.2. The minimum absolute atomic E-state index is 0.359. The van der Waals surface area contributed by atoms with Gasteiger partial charge in [0, 0.05) is 6.20 Å². The molecule has 0 aliphatic rings. The van der Waals surface area contributed by atoms with Crippen molar-refractivity contribution in [2.24, 2.45) is 0 Å². The van der Waals surface area contributed by atoms with E-state index in [9.17, 15) is 14.0 Å². The molecule has 0 saturated heterocycles. The van der Waals surface area contributed by atoms with Gasteiger partial charge in [0.25, 0.3) is 0 Å². The molecule has 0 unspecified atom stereocenters. The van der Waals surface area contributed by atoms with Gasteiger partial charge in [0.2, 0.25) is 5.91 Å². The van der Waals surface area contributed by atoms with Crippen LogP contribution in [0.3, 0.4) is 0 Å². The zero-order chi connectivity index (χ0) is 20.7. The Hall–Kier alpha value is -3.16. The summed E-state index contributed by atoms with van der Waals surface area (Å²) < 4.78 is 18.9. The second kappa shape index (κ2) is 9.16. The average Bonchev–Trinajstić information content (AvgIpc) is 2.61. The Balaban J connectivity index is 2.12. The largest absolute Gasteiger partial charge is 0.444 e. The number of anilines is 3. The fourth-order valence-corrected chi connectivity index (χ4v) is 2.34. The number of carbonyl (C=O) groups is 2. The van der Waals surface area contributed by atoms with Crippen molar-refractivity contribution in [3.63, 3.8) is 0 Å². The first kappa shape index (κ1) is 21.1. The van der Waals surface area contributed by atoms with Crippen molar-refractivity contribution in [1.29, 1.82) is 0 Å². The smallest absolute Gasteiger partial charge is 0.408 e. The van der Waals surface area contributed by atoms with Gasteiger partial charge >= 0.3 is 6.09 Å². The maximum Gasteiger partial charge on any atom is 0.408 e. The molecule has 7 nitrogen and oxygen atoms in total. The number of halogens is 1. The molecule has 2 aromatic rings. The molecule has 0 fully saturated rings. The fourth-order valence-electron chi connectivity index (χ4n) is 2.34. The number of hydrogen-bond acceptors (Lipinski definition) is 5. The Morgan fingerprint density at radius 1 is 1.21 bits per heavy atom. The van der Waals surface area contributed by atoms with Crippen LogP contribution in [0.25, 0.3) is 0 Å². The van der Waals surface area contributed by atoms with E-state index < -0.39 is 29.5 Å². The van der Waals surface area contributed by atoms with E-state index in [1.807, 2.05) is 0 Å². The first-order chi connectivity index (χ1) is 13.2. The maximum absolute atomic E-state index is 13.7. The molecule has 0 spiro atoms. The predicted octanol–water partition coefficient (Wildman–Crippen LogP) is 4.21. The molecule has 0 saturated carbocycles. The number of hydrogen-bond donors (Lipinski definition) is 3. The molecular weight excluding hydrogens is 363 g/mol. The molecule has 0 aliphatic carbocycles. The summed E-state index contributed by atoms with van der Waals surface area (Å²) in [4.78, 5) is 28.6. The number of amides is 2. The van der Waals surface area contributed by atoms with Gasteiger partial charge in [0.05, 0.1) is 23.3 Å². The summed E-state index contributed by atoms with van der Waals surface area (Å²) in [5, 5.41) is 8.28. The van der Waals surface area contributed by atoms with E-state index in [0.29, 0.717) is 23.5 Å². The highest BCUT2D eigenvalue weighted by Crippen LogP contribution is 2.26. The summed E-state index contributed by atoms with van der Waals surface area (Å²) in [6.07, 6.45) is 2.88. The number of alkyl carbamates (subject to hydrolysis) is 1. The second-order valence-electron chi connectivity index (χ2n) is 7.15. The van der Waals surface area contributed by atoms with Gasteiger partial charge in [-0.05, 0) is 57.5 Å².